The van der Waals surface area contributed by atoms with Gasteiger partial charge in [-0.2, -0.15) is 0 Å². The van der Waals surface area contributed by atoms with Crippen LogP contribution in [0, 0.1) is 5.41 Å². The van der Waals surface area contributed by atoms with E-state index in [0.717, 1.165) is 60.8 Å². The molecule has 1 N–H and O–H groups in total. The minimum absolute atomic E-state index is 0.130. The fraction of sp³-hybridized carbons (Fsp3) is 0.464. The molecule has 0 spiro atoms. The maximum absolute atomic E-state index is 13.4. The lowest BCUT2D eigenvalue weighted by Gasteiger charge is -2.38. The van der Waals surface area contributed by atoms with E-state index in [1.165, 1.54) is 7.11 Å². The highest BCUT2D eigenvalue weighted by molar-refractivity contribution is 6.01. The van der Waals surface area contributed by atoms with Gasteiger partial charge in [-0.15, -0.1) is 0 Å². The van der Waals surface area contributed by atoms with Crippen molar-refractivity contribution in [2.75, 3.05) is 7.11 Å². The molecule has 0 saturated heterocycles. The average Bonchev–Trinajstić information content (AvgIpc) is 3.06. The summed E-state index contributed by atoms with van der Waals surface area (Å²) in [5.41, 5.74) is 3.07. The molecule has 2 aliphatic rings. The van der Waals surface area contributed by atoms with Crippen LogP contribution in [-0.2, 0) is 9.53 Å². The van der Waals surface area contributed by atoms with Crippen LogP contribution in [0.1, 0.15) is 75.8 Å². The number of ether oxygens (including phenoxy) is 1. The normalized spacial score (nSPS) is 26.3. The SMILES string of the molecule is CCCC/C=C\C1=C[C@@]2(C(=O)OC)/C(=C/C=C/CCCC)c3ccccc3[C@H]2C[C@@H]1O. The highest BCUT2D eigenvalue weighted by Crippen LogP contribution is 2.61. The van der Waals surface area contributed by atoms with E-state index in [-0.39, 0.29) is 11.9 Å². The minimum Gasteiger partial charge on any atom is -0.468 e. The molecule has 0 radical (unpaired) electrons. The first-order chi connectivity index (χ1) is 15.1. The first-order valence-electron chi connectivity index (χ1n) is 11.7. The van der Waals surface area contributed by atoms with Gasteiger partial charge in [-0.05, 0) is 41.5 Å². The molecule has 3 heteroatoms. The molecule has 166 valence electrons. The van der Waals surface area contributed by atoms with Crippen molar-refractivity contribution in [1.82, 2.24) is 0 Å². The lowest BCUT2D eigenvalue weighted by molar-refractivity contribution is -0.148. The van der Waals surface area contributed by atoms with E-state index in [0.29, 0.717) is 6.42 Å². The van der Waals surface area contributed by atoms with E-state index in [1.807, 2.05) is 24.3 Å². The van der Waals surface area contributed by atoms with E-state index < -0.39 is 11.5 Å². The predicted molar refractivity (Wildman–Crippen MR) is 128 cm³/mol. The molecule has 0 fully saturated rings. The van der Waals surface area contributed by atoms with Crippen molar-refractivity contribution in [3.8, 4) is 0 Å². The van der Waals surface area contributed by atoms with Gasteiger partial charge in [-0.1, -0.05) is 100 Å². The van der Waals surface area contributed by atoms with Gasteiger partial charge in [0.2, 0.25) is 0 Å². The van der Waals surface area contributed by atoms with Crippen molar-refractivity contribution in [3.63, 3.8) is 0 Å². The Bertz CT molecular complexity index is 889. The molecule has 0 aliphatic heterocycles. The Balaban J connectivity index is 2.12. The molecule has 0 aromatic heterocycles. The number of hydrogen-bond donors (Lipinski definition) is 1. The Hall–Kier alpha value is -2.39. The van der Waals surface area contributed by atoms with Crippen molar-refractivity contribution in [2.45, 2.75) is 70.8 Å². The van der Waals surface area contributed by atoms with E-state index in [2.05, 4.69) is 50.3 Å². The summed E-state index contributed by atoms with van der Waals surface area (Å²) in [6.45, 7) is 4.35. The molecule has 31 heavy (non-hydrogen) atoms. The first-order valence-corrected chi connectivity index (χ1v) is 11.7. The minimum atomic E-state index is -0.906. The van der Waals surface area contributed by atoms with Crippen LogP contribution in [-0.4, -0.2) is 24.3 Å². The zero-order valence-corrected chi connectivity index (χ0v) is 19.1. The number of esters is 1. The maximum atomic E-state index is 13.4. The molecule has 0 saturated carbocycles. The van der Waals surface area contributed by atoms with E-state index in [4.69, 9.17) is 4.74 Å². The third-order valence-electron chi connectivity index (χ3n) is 6.54. The second-order valence-electron chi connectivity index (χ2n) is 8.59. The number of carbonyl (C=O) groups is 1. The van der Waals surface area contributed by atoms with Gasteiger partial charge in [-0.3, -0.25) is 4.79 Å². The maximum Gasteiger partial charge on any atom is 0.320 e. The summed E-state index contributed by atoms with van der Waals surface area (Å²) in [7, 11) is 1.46. The van der Waals surface area contributed by atoms with Gasteiger partial charge in [0.1, 0.15) is 5.41 Å². The summed E-state index contributed by atoms with van der Waals surface area (Å²) in [5, 5.41) is 10.9. The number of unbranched alkanes of at least 4 members (excludes halogenated alkanes) is 4. The molecule has 0 unspecified atom stereocenters. The van der Waals surface area contributed by atoms with Gasteiger partial charge in [-0.25, -0.2) is 0 Å². The van der Waals surface area contributed by atoms with Crippen molar-refractivity contribution < 1.29 is 14.6 Å². The molecule has 0 bridgehead atoms. The largest absolute Gasteiger partial charge is 0.468 e. The van der Waals surface area contributed by atoms with Crippen LogP contribution in [0.15, 0.2) is 66.3 Å². The lowest BCUT2D eigenvalue weighted by atomic mass is 9.66. The third kappa shape index (κ3) is 4.62. The number of methoxy groups -OCH3 is 1. The number of aliphatic hydroxyl groups excluding tert-OH is 1. The van der Waals surface area contributed by atoms with Crippen LogP contribution in [0.3, 0.4) is 0 Å². The number of hydrogen-bond acceptors (Lipinski definition) is 3. The highest BCUT2D eigenvalue weighted by Gasteiger charge is 2.57. The van der Waals surface area contributed by atoms with Gasteiger partial charge in [0, 0.05) is 5.92 Å². The fourth-order valence-electron chi connectivity index (χ4n) is 4.90. The number of aliphatic hydroxyl groups is 1. The average molecular weight is 421 g/mol. The van der Waals surface area contributed by atoms with E-state index in [1.54, 1.807) is 0 Å². The summed E-state index contributed by atoms with van der Waals surface area (Å²) in [5.74, 6) is -0.387. The van der Waals surface area contributed by atoms with Crippen LogP contribution in [0.4, 0.5) is 0 Å². The summed E-state index contributed by atoms with van der Waals surface area (Å²) in [6, 6.07) is 8.20. The number of carbonyl (C=O) groups excluding carboxylic acids is 1. The Morgan fingerprint density at radius 3 is 2.58 bits per heavy atom. The Morgan fingerprint density at radius 1 is 1.16 bits per heavy atom. The molecule has 0 amide bonds. The van der Waals surface area contributed by atoms with Gasteiger partial charge in [0.25, 0.3) is 0 Å². The molecule has 3 rings (SSSR count). The summed E-state index contributed by atoms with van der Waals surface area (Å²) in [6.07, 6.45) is 18.9. The Morgan fingerprint density at radius 2 is 1.87 bits per heavy atom. The topological polar surface area (TPSA) is 46.5 Å². The zero-order chi connectivity index (χ0) is 22.3. The predicted octanol–water partition coefficient (Wildman–Crippen LogP) is 6.51. The van der Waals surface area contributed by atoms with Crippen LogP contribution >= 0.6 is 0 Å². The van der Waals surface area contributed by atoms with Crippen molar-refractivity contribution in [1.29, 1.82) is 0 Å². The summed E-state index contributed by atoms with van der Waals surface area (Å²) in [4.78, 5) is 13.4. The molecular formula is C28H36O3. The number of fused-ring (bicyclic) bond motifs is 3. The van der Waals surface area contributed by atoms with Crippen molar-refractivity contribution >= 4 is 11.5 Å². The smallest absolute Gasteiger partial charge is 0.320 e. The number of benzene rings is 1. The highest BCUT2D eigenvalue weighted by atomic mass is 16.5. The van der Waals surface area contributed by atoms with Gasteiger partial charge < -0.3 is 9.84 Å². The zero-order valence-electron chi connectivity index (χ0n) is 19.1. The molecular weight excluding hydrogens is 384 g/mol. The summed E-state index contributed by atoms with van der Waals surface area (Å²) < 4.78 is 5.37. The van der Waals surface area contributed by atoms with Crippen molar-refractivity contribution in [2.24, 2.45) is 5.41 Å². The van der Waals surface area contributed by atoms with Crippen LogP contribution in [0.5, 0.6) is 0 Å². The van der Waals surface area contributed by atoms with Gasteiger partial charge in [0.05, 0.1) is 13.2 Å². The Labute approximate surface area is 187 Å². The molecule has 3 atom stereocenters. The van der Waals surface area contributed by atoms with Gasteiger partial charge >= 0.3 is 5.97 Å². The Kier molecular flexibility index (Phi) is 8.09. The van der Waals surface area contributed by atoms with Crippen LogP contribution in [0.2, 0.25) is 0 Å². The van der Waals surface area contributed by atoms with Crippen LogP contribution < -0.4 is 0 Å². The van der Waals surface area contributed by atoms with Gasteiger partial charge in [0.15, 0.2) is 0 Å². The monoisotopic (exact) mass is 420 g/mol. The quantitative estimate of drug-likeness (QED) is 0.366. The van der Waals surface area contributed by atoms with E-state index in [9.17, 15) is 9.90 Å². The summed E-state index contributed by atoms with van der Waals surface area (Å²) >= 11 is 0. The number of allylic oxidation sites excluding steroid dienone is 4. The first kappa shape index (κ1) is 23.3. The van der Waals surface area contributed by atoms with Crippen LogP contribution in [0.25, 0.3) is 5.57 Å². The molecule has 1 aromatic carbocycles. The molecule has 2 aliphatic carbocycles. The second kappa shape index (κ2) is 10.8. The number of rotatable bonds is 9. The van der Waals surface area contributed by atoms with Crippen molar-refractivity contribution in [3.05, 3.63) is 77.4 Å². The molecule has 3 nitrogen and oxygen atoms in total. The second-order valence-corrected chi connectivity index (χ2v) is 8.59. The fourth-order valence-corrected chi connectivity index (χ4v) is 4.90. The molecule has 1 aromatic rings. The lowest BCUT2D eigenvalue weighted by Crippen LogP contribution is -2.39. The van der Waals surface area contributed by atoms with E-state index >= 15 is 0 Å². The standard InChI is InChI=1S/C28H36O3/c1-4-6-8-10-12-18-24-22-16-13-14-17-23(22)25-19-26(29)21(15-11-9-7-5-2)20-28(24,25)27(30)31-3/h10-18,20,25-26,29H,4-9,19H2,1-3H3/b12-10+,15-11-,24-18+/t25-,26+,28-/m1/s1. The third-order valence-corrected chi connectivity index (χ3v) is 6.54. The molecule has 0 heterocycles.